The molecule has 1 aromatic heterocycles. The van der Waals surface area contributed by atoms with Crippen LogP contribution in [0.25, 0.3) is 0 Å². The highest BCUT2D eigenvalue weighted by Gasteiger charge is 2.32. The highest BCUT2D eigenvalue weighted by atomic mass is 32.2. The van der Waals surface area contributed by atoms with Crippen LogP contribution in [-0.2, 0) is 25.7 Å². The van der Waals surface area contributed by atoms with Crippen molar-refractivity contribution in [2.24, 2.45) is 0 Å². The van der Waals surface area contributed by atoms with Gasteiger partial charge in [-0.3, -0.25) is 9.59 Å². The van der Waals surface area contributed by atoms with Gasteiger partial charge in [0, 0.05) is 48.7 Å². The highest BCUT2D eigenvalue weighted by Crippen LogP contribution is 2.39. The molecule has 9 nitrogen and oxygen atoms in total. The van der Waals surface area contributed by atoms with Gasteiger partial charge in [-0.25, -0.2) is 9.97 Å². The van der Waals surface area contributed by atoms with Gasteiger partial charge in [0.25, 0.3) is 0 Å². The van der Waals surface area contributed by atoms with E-state index in [0.717, 1.165) is 36.0 Å². The minimum atomic E-state index is -0.784. The van der Waals surface area contributed by atoms with Gasteiger partial charge in [-0.15, -0.1) is 0 Å². The number of carbonyl (C=O) groups excluding carboxylic acids is 1. The minimum Gasteiger partial charge on any atom is -0.481 e. The predicted octanol–water partition coefficient (Wildman–Crippen LogP) is 5.67. The smallest absolute Gasteiger partial charge is 0.303 e. The number of aliphatic hydroxyl groups is 1. The Morgan fingerprint density at radius 2 is 1.57 bits per heavy atom. The summed E-state index contributed by atoms with van der Waals surface area (Å²) in [6.07, 6.45) is 6.78. The molecule has 212 valence electrons. The fourth-order valence-electron chi connectivity index (χ4n) is 4.41. The second-order valence-corrected chi connectivity index (χ2v) is 10.7. The van der Waals surface area contributed by atoms with Crippen LogP contribution in [0.3, 0.4) is 0 Å². The van der Waals surface area contributed by atoms with Gasteiger partial charge in [-0.2, -0.15) is 0 Å². The maximum atomic E-state index is 12.3. The lowest BCUT2D eigenvalue weighted by molar-refractivity contribution is -0.245. The SMILES string of the molecule is O=C(O)CCCCCCC(=O)Nc1ccc([C@@H]2O[C@H](CSc3ncccn3)C[C@H](c3ccc(CO)cc3)O2)cc1. The number of hydrogen-bond donors (Lipinski definition) is 3. The first-order valence-corrected chi connectivity index (χ1v) is 14.5. The lowest BCUT2D eigenvalue weighted by atomic mass is 10.0. The van der Waals surface area contributed by atoms with Crippen molar-refractivity contribution in [2.45, 2.75) is 75.2 Å². The fraction of sp³-hybridized carbons (Fsp3) is 0.400. The van der Waals surface area contributed by atoms with Crippen LogP contribution in [-0.4, -0.2) is 43.9 Å². The van der Waals surface area contributed by atoms with E-state index in [4.69, 9.17) is 14.6 Å². The molecule has 0 unspecified atom stereocenters. The van der Waals surface area contributed by atoms with Crippen molar-refractivity contribution in [1.82, 2.24) is 9.97 Å². The summed E-state index contributed by atoms with van der Waals surface area (Å²) in [6, 6.07) is 17.0. The quantitative estimate of drug-likeness (QED) is 0.129. The molecule has 2 heterocycles. The van der Waals surface area contributed by atoms with Crippen molar-refractivity contribution < 1.29 is 29.3 Å². The average Bonchev–Trinajstić information content (AvgIpc) is 2.98. The Hall–Kier alpha value is -3.31. The van der Waals surface area contributed by atoms with Crippen molar-refractivity contribution in [3.8, 4) is 0 Å². The molecule has 1 aliphatic rings. The number of nitrogens with zero attached hydrogens (tertiary/aromatic N) is 2. The number of unbranched alkanes of at least 4 members (excludes halogenated alkanes) is 3. The third kappa shape index (κ3) is 9.41. The van der Waals surface area contributed by atoms with Gasteiger partial charge in [0.1, 0.15) is 0 Å². The normalized spacial score (nSPS) is 18.8. The molecule has 1 saturated heterocycles. The molecule has 0 radical (unpaired) electrons. The van der Waals surface area contributed by atoms with Gasteiger partial charge in [0.15, 0.2) is 11.4 Å². The molecule has 4 rings (SSSR count). The Balaban J connectivity index is 1.35. The number of nitrogens with one attached hydrogen (secondary N) is 1. The summed E-state index contributed by atoms with van der Waals surface area (Å²) in [6.45, 7) is -0.0104. The fourth-order valence-corrected chi connectivity index (χ4v) is 5.23. The van der Waals surface area contributed by atoms with Crippen LogP contribution in [0, 0.1) is 0 Å². The van der Waals surface area contributed by atoms with Crippen LogP contribution in [0.4, 0.5) is 5.69 Å². The second kappa shape index (κ2) is 15.5. The molecule has 0 bridgehead atoms. The Morgan fingerprint density at radius 1 is 0.900 bits per heavy atom. The average molecular weight is 566 g/mol. The number of hydrogen-bond acceptors (Lipinski definition) is 8. The first kappa shape index (κ1) is 29.7. The third-order valence-corrected chi connectivity index (χ3v) is 7.57. The number of ether oxygens (including phenoxy) is 2. The summed E-state index contributed by atoms with van der Waals surface area (Å²) in [5.41, 5.74) is 3.40. The van der Waals surface area contributed by atoms with Crippen LogP contribution in [0.1, 0.15) is 74.0 Å². The molecular weight excluding hydrogens is 530 g/mol. The van der Waals surface area contributed by atoms with Gasteiger partial charge >= 0.3 is 5.97 Å². The van der Waals surface area contributed by atoms with Crippen LogP contribution in [0.2, 0.25) is 0 Å². The Labute approximate surface area is 238 Å². The van der Waals surface area contributed by atoms with E-state index in [1.54, 1.807) is 18.5 Å². The zero-order valence-electron chi connectivity index (χ0n) is 22.3. The van der Waals surface area contributed by atoms with Gasteiger partial charge in [0.05, 0.1) is 18.8 Å². The van der Waals surface area contributed by atoms with Crippen molar-refractivity contribution in [3.05, 3.63) is 83.7 Å². The molecule has 3 N–H and O–H groups in total. The standard InChI is InChI=1S/C30H35N3O6S/c34-19-21-8-10-22(11-9-21)26-18-25(20-40-30-31-16-5-17-32-30)38-29(39-26)23-12-14-24(15-13-23)33-27(35)6-3-1-2-4-7-28(36)37/h5,8-17,25-26,29,34H,1-4,6-7,18-20H2,(H,33,35)(H,36,37)/t25-,26+,29+/m0/s1. The molecule has 3 aromatic rings. The highest BCUT2D eigenvalue weighted by molar-refractivity contribution is 7.99. The summed E-state index contributed by atoms with van der Waals surface area (Å²) in [4.78, 5) is 31.5. The molecule has 1 fully saturated rings. The number of rotatable bonds is 14. The van der Waals surface area contributed by atoms with Crippen LogP contribution in [0.5, 0.6) is 0 Å². The topological polar surface area (TPSA) is 131 Å². The second-order valence-electron chi connectivity index (χ2n) is 9.67. The number of aliphatic carboxylic acids is 1. The van der Waals surface area contributed by atoms with Crippen molar-refractivity contribution >= 4 is 29.3 Å². The molecule has 2 aromatic carbocycles. The molecule has 0 aliphatic carbocycles. The lowest BCUT2D eigenvalue weighted by Gasteiger charge is -2.36. The number of anilines is 1. The molecular formula is C30H35N3O6S. The Morgan fingerprint density at radius 3 is 2.25 bits per heavy atom. The van der Waals surface area contributed by atoms with E-state index < -0.39 is 12.3 Å². The summed E-state index contributed by atoms with van der Waals surface area (Å²) in [5, 5.41) is 21.7. The number of thioether (sulfide) groups is 1. The van der Waals surface area contributed by atoms with Crippen LogP contribution < -0.4 is 5.32 Å². The molecule has 0 spiro atoms. The van der Waals surface area contributed by atoms with Gasteiger partial charge < -0.3 is 25.0 Å². The molecule has 0 saturated carbocycles. The van der Waals surface area contributed by atoms with E-state index in [1.807, 2.05) is 48.5 Å². The molecule has 10 heteroatoms. The summed E-state index contributed by atoms with van der Waals surface area (Å²) >= 11 is 1.54. The van der Waals surface area contributed by atoms with Crippen molar-refractivity contribution in [2.75, 3.05) is 11.1 Å². The third-order valence-electron chi connectivity index (χ3n) is 6.57. The van der Waals surface area contributed by atoms with E-state index in [1.165, 1.54) is 11.8 Å². The summed E-state index contributed by atoms with van der Waals surface area (Å²) in [7, 11) is 0. The maximum Gasteiger partial charge on any atom is 0.303 e. The zero-order valence-corrected chi connectivity index (χ0v) is 23.1. The van der Waals surface area contributed by atoms with Gasteiger partial charge in [0.2, 0.25) is 5.91 Å². The first-order chi connectivity index (χ1) is 19.5. The zero-order chi connectivity index (χ0) is 28.2. The Bertz CT molecular complexity index is 1210. The number of benzene rings is 2. The van der Waals surface area contributed by atoms with Crippen molar-refractivity contribution in [1.29, 1.82) is 0 Å². The predicted molar refractivity (Wildman–Crippen MR) is 152 cm³/mol. The van der Waals surface area contributed by atoms with Crippen LogP contribution >= 0.6 is 11.8 Å². The minimum absolute atomic E-state index is 0.0104. The molecule has 40 heavy (non-hydrogen) atoms. The summed E-state index contributed by atoms with van der Waals surface area (Å²) < 4.78 is 12.7. The van der Waals surface area contributed by atoms with Gasteiger partial charge in [-0.05, 0) is 42.2 Å². The number of aromatic nitrogens is 2. The number of carboxylic acid groups (broad SMARTS) is 1. The Kier molecular flexibility index (Phi) is 11.5. The number of aliphatic hydroxyl groups excluding tert-OH is 1. The van der Waals surface area contributed by atoms with E-state index in [9.17, 15) is 14.7 Å². The number of amides is 1. The van der Waals surface area contributed by atoms with Gasteiger partial charge in [-0.1, -0.05) is 61.0 Å². The number of carboxylic acids is 1. The molecule has 1 aliphatic heterocycles. The van der Waals surface area contributed by atoms with Crippen molar-refractivity contribution in [3.63, 3.8) is 0 Å². The van der Waals surface area contributed by atoms with Crippen LogP contribution in [0.15, 0.2) is 72.1 Å². The molecule has 3 atom stereocenters. The van der Waals surface area contributed by atoms with E-state index >= 15 is 0 Å². The first-order valence-electron chi connectivity index (χ1n) is 13.5. The molecule has 1 amide bonds. The summed E-state index contributed by atoms with van der Waals surface area (Å²) in [5.74, 6) is -0.184. The van der Waals surface area contributed by atoms with E-state index in [2.05, 4.69) is 15.3 Å². The number of carbonyl (C=O) groups is 2. The van der Waals surface area contributed by atoms with E-state index in [-0.39, 0.29) is 31.1 Å². The van der Waals surface area contributed by atoms with E-state index in [0.29, 0.717) is 35.9 Å². The largest absolute Gasteiger partial charge is 0.481 e. The lowest BCUT2D eigenvalue weighted by Crippen LogP contribution is -2.31. The maximum absolute atomic E-state index is 12.3. The monoisotopic (exact) mass is 565 g/mol.